The lowest BCUT2D eigenvalue weighted by molar-refractivity contribution is 1.14. The molecule has 0 aliphatic carbocycles. The quantitative estimate of drug-likeness (QED) is 0.649. The highest BCUT2D eigenvalue weighted by atomic mass is 32.2. The molecule has 2 aromatic rings. The van der Waals surface area contributed by atoms with Crippen LogP contribution in [0.3, 0.4) is 0 Å². The normalized spacial score (nSPS) is 10.3. The van der Waals surface area contributed by atoms with Crippen molar-refractivity contribution < 1.29 is 0 Å². The predicted octanol–water partition coefficient (Wildman–Crippen LogP) is 3.26. The number of aromatic nitrogens is 1. The first-order valence-corrected chi connectivity index (χ1v) is 6.13. The van der Waals surface area contributed by atoms with Gasteiger partial charge in [-0.25, -0.2) is 0 Å². The molecule has 0 spiro atoms. The molecule has 3 heteroatoms. The maximum atomic E-state index is 5.64. The highest BCUT2D eigenvalue weighted by Gasteiger charge is 1.99. The van der Waals surface area contributed by atoms with E-state index in [2.05, 4.69) is 11.1 Å². The Bertz CT molecular complexity index is 466. The third-order valence-corrected chi connectivity index (χ3v) is 3.45. The highest BCUT2D eigenvalue weighted by Crippen LogP contribution is 2.24. The number of hydrogen-bond acceptors (Lipinski definition) is 3. The second kappa shape index (κ2) is 5.03. The second-order valence-corrected chi connectivity index (χ2v) is 4.65. The Kier molecular flexibility index (Phi) is 3.47. The molecule has 1 aromatic carbocycles. The molecule has 0 fully saturated rings. The molecule has 2 nitrogen and oxygen atoms in total. The lowest BCUT2D eigenvalue weighted by Crippen LogP contribution is -1.89. The van der Waals surface area contributed by atoms with E-state index in [0.29, 0.717) is 0 Å². The van der Waals surface area contributed by atoms with E-state index in [9.17, 15) is 0 Å². The van der Waals surface area contributed by atoms with Crippen molar-refractivity contribution >= 4 is 17.4 Å². The van der Waals surface area contributed by atoms with Gasteiger partial charge in [-0.2, -0.15) is 0 Å². The summed E-state index contributed by atoms with van der Waals surface area (Å²) in [6, 6.07) is 12.0. The van der Waals surface area contributed by atoms with Crippen LogP contribution in [0.25, 0.3) is 0 Å². The molecule has 0 bridgehead atoms. The molecule has 2 N–H and O–H groups in total. The first-order valence-electron chi connectivity index (χ1n) is 5.14. The Morgan fingerprint density at radius 1 is 1.19 bits per heavy atom. The summed E-state index contributed by atoms with van der Waals surface area (Å²) in [6.45, 7) is 2.04. The van der Waals surface area contributed by atoms with E-state index >= 15 is 0 Å². The number of thioether (sulfide) groups is 1. The monoisotopic (exact) mass is 230 g/mol. The molecular weight excluding hydrogens is 216 g/mol. The van der Waals surface area contributed by atoms with Crippen molar-refractivity contribution in [1.29, 1.82) is 0 Å². The molecule has 0 saturated heterocycles. The van der Waals surface area contributed by atoms with Gasteiger partial charge in [0.1, 0.15) is 0 Å². The van der Waals surface area contributed by atoms with Gasteiger partial charge >= 0.3 is 0 Å². The van der Waals surface area contributed by atoms with Crippen molar-refractivity contribution in [3.8, 4) is 0 Å². The molecule has 16 heavy (non-hydrogen) atoms. The number of aryl methyl sites for hydroxylation is 1. The van der Waals surface area contributed by atoms with Crippen LogP contribution in [0.15, 0.2) is 47.5 Å². The smallest absolute Gasteiger partial charge is 0.0413 e. The van der Waals surface area contributed by atoms with E-state index in [-0.39, 0.29) is 0 Å². The third-order valence-electron chi connectivity index (χ3n) is 2.39. The Hall–Kier alpha value is -1.48. The van der Waals surface area contributed by atoms with Crippen LogP contribution in [0.4, 0.5) is 5.69 Å². The van der Waals surface area contributed by atoms with Crippen LogP contribution in [-0.4, -0.2) is 4.98 Å². The van der Waals surface area contributed by atoms with Crippen LogP contribution in [0.5, 0.6) is 0 Å². The molecular formula is C13H14N2S. The molecule has 82 valence electrons. The highest BCUT2D eigenvalue weighted by molar-refractivity contribution is 7.98. The summed E-state index contributed by atoms with van der Waals surface area (Å²) in [5.74, 6) is 0.948. The zero-order chi connectivity index (χ0) is 11.4. The van der Waals surface area contributed by atoms with E-state index in [0.717, 1.165) is 17.1 Å². The zero-order valence-corrected chi connectivity index (χ0v) is 10.00. The average molecular weight is 230 g/mol. The fraction of sp³-hybridized carbons (Fsp3) is 0.154. The van der Waals surface area contributed by atoms with E-state index < -0.39 is 0 Å². The maximum Gasteiger partial charge on any atom is 0.0413 e. The van der Waals surface area contributed by atoms with Gasteiger partial charge in [0.05, 0.1) is 0 Å². The van der Waals surface area contributed by atoms with Gasteiger partial charge in [0.25, 0.3) is 0 Å². The van der Waals surface area contributed by atoms with Crippen LogP contribution in [0.2, 0.25) is 0 Å². The van der Waals surface area contributed by atoms with Crippen molar-refractivity contribution in [3.63, 3.8) is 0 Å². The fourth-order valence-electron chi connectivity index (χ4n) is 1.40. The van der Waals surface area contributed by atoms with E-state index in [1.54, 1.807) is 11.8 Å². The summed E-state index contributed by atoms with van der Waals surface area (Å²) >= 11 is 1.80. The summed E-state index contributed by atoms with van der Waals surface area (Å²) < 4.78 is 0. The fourth-order valence-corrected chi connectivity index (χ4v) is 2.35. The van der Waals surface area contributed by atoms with Crippen molar-refractivity contribution in [2.45, 2.75) is 17.6 Å². The average Bonchev–Trinajstić information content (AvgIpc) is 2.30. The summed E-state index contributed by atoms with van der Waals surface area (Å²) in [5, 5.41) is 0. The molecule has 0 radical (unpaired) electrons. The van der Waals surface area contributed by atoms with Crippen LogP contribution in [-0.2, 0) is 5.75 Å². The Balaban J connectivity index is 2.02. The van der Waals surface area contributed by atoms with Crippen LogP contribution < -0.4 is 5.73 Å². The summed E-state index contributed by atoms with van der Waals surface area (Å²) in [4.78, 5) is 5.51. The third kappa shape index (κ3) is 2.76. The van der Waals surface area contributed by atoms with Crippen LogP contribution in [0, 0.1) is 6.92 Å². The lowest BCUT2D eigenvalue weighted by atomic mass is 10.2. The van der Waals surface area contributed by atoms with Crippen LogP contribution >= 0.6 is 11.8 Å². The largest absolute Gasteiger partial charge is 0.399 e. The van der Waals surface area contributed by atoms with E-state index in [4.69, 9.17) is 5.73 Å². The second-order valence-electron chi connectivity index (χ2n) is 3.61. The molecule has 0 amide bonds. The minimum Gasteiger partial charge on any atom is -0.399 e. The van der Waals surface area contributed by atoms with E-state index in [1.807, 2.05) is 43.5 Å². The number of pyridine rings is 1. The Labute approximate surface area is 99.9 Å². The number of benzene rings is 1. The molecule has 0 atom stereocenters. The minimum atomic E-state index is 0.807. The Morgan fingerprint density at radius 3 is 2.62 bits per heavy atom. The van der Waals surface area contributed by atoms with Gasteiger partial charge in [-0.05, 0) is 42.8 Å². The number of rotatable bonds is 3. The topological polar surface area (TPSA) is 38.9 Å². The van der Waals surface area contributed by atoms with Gasteiger partial charge in [-0.1, -0.05) is 6.07 Å². The Morgan fingerprint density at radius 2 is 1.94 bits per heavy atom. The SMILES string of the molecule is Cc1ncccc1CSc1ccc(N)cc1. The van der Waals surface area contributed by atoms with Gasteiger partial charge < -0.3 is 5.73 Å². The molecule has 2 rings (SSSR count). The first kappa shape index (κ1) is 11.0. The van der Waals surface area contributed by atoms with Gasteiger partial charge in [0.2, 0.25) is 0 Å². The standard InChI is InChI=1S/C13H14N2S/c1-10-11(3-2-8-15-10)9-16-13-6-4-12(14)5-7-13/h2-8H,9,14H2,1H3. The number of anilines is 1. The predicted molar refractivity (Wildman–Crippen MR) is 69.4 cm³/mol. The van der Waals surface area contributed by atoms with Crippen molar-refractivity contribution in [2.24, 2.45) is 0 Å². The molecule has 0 saturated carbocycles. The lowest BCUT2D eigenvalue weighted by Gasteiger charge is -2.04. The number of nitrogens with two attached hydrogens (primary N) is 1. The number of nitrogens with zero attached hydrogens (tertiary/aromatic N) is 1. The van der Waals surface area contributed by atoms with Crippen molar-refractivity contribution in [2.75, 3.05) is 5.73 Å². The summed E-state index contributed by atoms with van der Waals surface area (Å²) in [5.41, 5.74) is 8.83. The molecule has 0 aliphatic heterocycles. The zero-order valence-electron chi connectivity index (χ0n) is 9.18. The molecule has 0 aliphatic rings. The van der Waals surface area contributed by atoms with Gasteiger partial charge in [0, 0.05) is 28.2 Å². The minimum absolute atomic E-state index is 0.807. The summed E-state index contributed by atoms with van der Waals surface area (Å²) in [7, 11) is 0. The number of hydrogen-bond donors (Lipinski definition) is 1. The molecule has 1 aromatic heterocycles. The van der Waals surface area contributed by atoms with Crippen molar-refractivity contribution in [1.82, 2.24) is 4.98 Å². The number of nitrogen functional groups attached to an aromatic ring is 1. The molecule has 0 unspecified atom stereocenters. The molecule has 1 heterocycles. The summed E-state index contributed by atoms with van der Waals surface area (Å²) in [6.07, 6.45) is 1.83. The van der Waals surface area contributed by atoms with Gasteiger partial charge in [-0.3, -0.25) is 4.98 Å². The maximum absolute atomic E-state index is 5.64. The van der Waals surface area contributed by atoms with Crippen LogP contribution in [0.1, 0.15) is 11.3 Å². The van der Waals surface area contributed by atoms with Gasteiger partial charge in [-0.15, -0.1) is 11.8 Å². The van der Waals surface area contributed by atoms with Gasteiger partial charge in [0.15, 0.2) is 0 Å². The van der Waals surface area contributed by atoms with E-state index in [1.165, 1.54) is 10.5 Å². The first-order chi connectivity index (χ1) is 7.75. The van der Waals surface area contributed by atoms with Crippen molar-refractivity contribution in [3.05, 3.63) is 53.9 Å².